The van der Waals surface area contributed by atoms with Gasteiger partial charge in [0.15, 0.2) is 0 Å². The second-order valence-corrected chi connectivity index (χ2v) is 7.28. The van der Waals surface area contributed by atoms with Crippen LogP contribution in [0, 0.1) is 0 Å². The third kappa shape index (κ3) is 2.32. The number of fused-ring (bicyclic) bond motifs is 1. The first kappa shape index (κ1) is 15.2. The van der Waals surface area contributed by atoms with Gasteiger partial charge in [0.1, 0.15) is 5.69 Å². The summed E-state index contributed by atoms with van der Waals surface area (Å²) in [5.74, 6) is 0. The summed E-state index contributed by atoms with van der Waals surface area (Å²) >= 11 is 1.61. The van der Waals surface area contributed by atoms with E-state index < -0.39 is 0 Å². The van der Waals surface area contributed by atoms with Crippen molar-refractivity contribution in [3.05, 3.63) is 95.0 Å². The van der Waals surface area contributed by atoms with E-state index in [-0.39, 0.29) is 5.41 Å². The minimum absolute atomic E-state index is 0.299. The lowest BCUT2D eigenvalue weighted by atomic mass is 9.70. The maximum atomic E-state index is 4.69. The molecule has 4 nitrogen and oxygen atoms in total. The summed E-state index contributed by atoms with van der Waals surface area (Å²) in [5.41, 5.74) is 7.07. The van der Waals surface area contributed by atoms with Crippen LogP contribution in [-0.4, -0.2) is 20.2 Å². The van der Waals surface area contributed by atoms with Crippen LogP contribution in [0.2, 0.25) is 0 Å². The molecule has 1 N–H and O–H groups in total. The molecule has 0 bridgehead atoms. The maximum absolute atomic E-state index is 4.69. The van der Waals surface area contributed by atoms with Gasteiger partial charge in [0.2, 0.25) is 0 Å². The van der Waals surface area contributed by atoms with Gasteiger partial charge in [-0.1, -0.05) is 48.6 Å². The highest BCUT2D eigenvalue weighted by molar-refractivity contribution is 7.13. The highest BCUT2D eigenvalue weighted by atomic mass is 32.1. The molecular formula is C21H16N4S. The van der Waals surface area contributed by atoms with E-state index in [0.29, 0.717) is 0 Å². The predicted molar refractivity (Wildman–Crippen MR) is 104 cm³/mol. The first-order chi connectivity index (χ1) is 12.9. The van der Waals surface area contributed by atoms with Crippen LogP contribution in [0.15, 0.2) is 72.5 Å². The van der Waals surface area contributed by atoms with E-state index in [9.17, 15) is 0 Å². The van der Waals surface area contributed by atoms with Crippen molar-refractivity contribution < 1.29 is 0 Å². The lowest BCUT2D eigenvalue weighted by Gasteiger charge is -2.33. The average molecular weight is 356 g/mol. The van der Waals surface area contributed by atoms with Crippen molar-refractivity contribution in [2.24, 2.45) is 0 Å². The van der Waals surface area contributed by atoms with Crippen molar-refractivity contribution in [3.63, 3.8) is 0 Å². The molecule has 0 spiro atoms. The third-order valence-corrected chi connectivity index (χ3v) is 5.73. The number of hydrogen-bond donors (Lipinski definition) is 1. The van der Waals surface area contributed by atoms with Gasteiger partial charge in [-0.15, -0.1) is 11.3 Å². The quantitative estimate of drug-likeness (QED) is 0.589. The Morgan fingerprint density at radius 1 is 1.04 bits per heavy atom. The molecule has 0 saturated heterocycles. The highest BCUT2D eigenvalue weighted by Gasteiger charge is 2.37. The maximum Gasteiger partial charge on any atom is 0.111 e. The van der Waals surface area contributed by atoms with Crippen molar-refractivity contribution in [2.45, 2.75) is 11.8 Å². The summed E-state index contributed by atoms with van der Waals surface area (Å²) in [6.45, 7) is 0. The second kappa shape index (κ2) is 6.04. The number of aromatic amines is 1. The van der Waals surface area contributed by atoms with Crippen LogP contribution < -0.4 is 0 Å². The van der Waals surface area contributed by atoms with Crippen LogP contribution in [-0.2, 0) is 11.8 Å². The van der Waals surface area contributed by atoms with Crippen LogP contribution >= 0.6 is 11.3 Å². The molecule has 0 aliphatic heterocycles. The topological polar surface area (TPSA) is 54.5 Å². The van der Waals surface area contributed by atoms with Crippen molar-refractivity contribution in [2.75, 3.05) is 0 Å². The number of thiazole rings is 1. The molecule has 5 heteroatoms. The molecule has 0 amide bonds. The summed E-state index contributed by atoms with van der Waals surface area (Å²) in [7, 11) is 0. The zero-order chi connectivity index (χ0) is 17.4. The Labute approximate surface area is 155 Å². The molecule has 1 atom stereocenters. The van der Waals surface area contributed by atoms with Crippen molar-refractivity contribution in [3.8, 4) is 10.6 Å². The van der Waals surface area contributed by atoms with E-state index in [1.807, 2.05) is 36.1 Å². The fourth-order valence-electron chi connectivity index (χ4n) is 3.67. The fraction of sp³-hybridized carbons (Fsp3) is 0.0952. The number of nitrogens with one attached hydrogen (secondary N) is 1. The third-order valence-electron chi connectivity index (χ3n) is 4.95. The molecule has 1 aliphatic rings. The molecule has 1 aromatic carbocycles. The van der Waals surface area contributed by atoms with E-state index >= 15 is 0 Å². The van der Waals surface area contributed by atoms with E-state index in [0.717, 1.165) is 33.9 Å². The molecule has 26 heavy (non-hydrogen) atoms. The van der Waals surface area contributed by atoms with Gasteiger partial charge in [0, 0.05) is 30.1 Å². The molecular weight excluding hydrogens is 340 g/mol. The summed E-state index contributed by atoms with van der Waals surface area (Å²) < 4.78 is 0. The number of benzene rings is 1. The number of pyridine rings is 1. The van der Waals surface area contributed by atoms with Gasteiger partial charge in [-0.05, 0) is 17.7 Å². The minimum Gasteiger partial charge on any atom is -0.281 e. The molecule has 1 unspecified atom stereocenters. The van der Waals surface area contributed by atoms with E-state index in [4.69, 9.17) is 0 Å². The van der Waals surface area contributed by atoms with Gasteiger partial charge in [0.05, 0.1) is 21.5 Å². The summed E-state index contributed by atoms with van der Waals surface area (Å²) in [6.07, 6.45) is 8.98. The average Bonchev–Trinajstić information content (AvgIpc) is 3.38. The smallest absolute Gasteiger partial charge is 0.111 e. The Kier molecular flexibility index (Phi) is 3.53. The van der Waals surface area contributed by atoms with Crippen LogP contribution in [0.4, 0.5) is 0 Å². The summed E-state index contributed by atoms with van der Waals surface area (Å²) in [4.78, 5) is 9.95. The molecule has 126 valence electrons. The van der Waals surface area contributed by atoms with E-state index in [2.05, 4.69) is 62.6 Å². The number of aromatic nitrogens is 4. The van der Waals surface area contributed by atoms with Gasteiger partial charge in [-0.2, -0.15) is 5.10 Å². The van der Waals surface area contributed by atoms with Crippen molar-refractivity contribution >= 4 is 17.4 Å². The Hall–Kier alpha value is -3.05. The Morgan fingerprint density at radius 2 is 1.92 bits per heavy atom. The van der Waals surface area contributed by atoms with E-state index in [1.165, 1.54) is 5.56 Å². The van der Waals surface area contributed by atoms with Gasteiger partial charge in [-0.3, -0.25) is 15.1 Å². The highest BCUT2D eigenvalue weighted by Crippen LogP contribution is 2.42. The number of rotatable bonds is 3. The molecule has 3 heterocycles. The molecule has 1 aliphatic carbocycles. The SMILES string of the molecule is C1=CC(c2ccccc2)(c2ccccn2)Cc2[nH]nc(-c3cncs3)c21. The van der Waals surface area contributed by atoms with Gasteiger partial charge in [-0.25, -0.2) is 0 Å². The van der Waals surface area contributed by atoms with Crippen molar-refractivity contribution in [1.29, 1.82) is 0 Å². The van der Waals surface area contributed by atoms with E-state index in [1.54, 1.807) is 11.3 Å². The Balaban J connectivity index is 1.67. The zero-order valence-corrected chi connectivity index (χ0v) is 14.8. The normalized spacial score (nSPS) is 18.6. The second-order valence-electron chi connectivity index (χ2n) is 6.39. The molecule has 5 rings (SSSR count). The number of H-pyrrole nitrogens is 1. The minimum atomic E-state index is -0.299. The van der Waals surface area contributed by atoms with Gasteiger partial charge >= 0.3 is 0 Å². The lowest BCUT2D eigenvalue weighted by molar-refractivity contribution is 0.601. The van der Waals surface area contributed by atoms with Gasteiger partial charge in [0.25, 0.3) is 0 Å². The van der Waals surface area contributed by atoms with Crippen LogP contribution in [0.1, 0.15) is 22.5 Å². The summed E-state index contributed by atoms with van der Waals surface area (Å²) in [6, 6.07) is 16.7. The molecule has 0 saturated carbocycles. The number of allylic oxidation sites excluding steroid dienone is 1. The van der Waals surface area contributed by atoms with Crippen LogP contribution in [0.5, 0.6) is 0 Å². The number of nitrogens with zero attached hydrogens (tertiary/aromatic N) is 3. The number of hydrogen-bond acceptors (Lipinski definition) is 4. The van der Waals surface area contributed by atoms with Crippen molar-refractivity contribution in [1.82, 2.24) is 20.2 Å². The fourth-order valence-corrected chi connectivity index (χ4v) is 4.29. The van der Waals surface area contributed by atoms with Crippen LogP contribution in [0.25, 0.3) is 16.6 Å². The lowest BCUT2D eigenvalue weighted by Crippen LogP contribution is -2.31. The Bertz CT molecular complexity index is 1010. The first-order valence-corrected chi connectivity index (χ1v) is 9.37. The predicted octanol–water partition coefficient (Wildman–Crippen LogP) is 4.48. The largest absolute Gasteiger partial charge is 0.281 e. The molecule has 0 radical (unpaired) electrons. The standard InChI is InChI=1S/C21H16N4S/c1-2-6-15(7-3-1)21(19-8-4-5-11-23-19)10-9-16-17(12-21)24-25-20(16)18-13-22-14-26-18/h1-11,13-14H,12H2,(H,24,25). The zero-order valence-electron chi connectivity index (χ0n) is 14.0. The molecule has 4 aromatic rings. The first-order valence-electron chi connectivity index (χ1n) is 8.49. The molecule has 0 fully saturated rings. The monoisotopic (exact) mass is 356 g/mol. The Morgan fingerprint density at radius 3 is 2.69 bits per heavy atom. The van der Waals surface area contributed by atoms with Gasteiger partial charge < -0.3 is 0 Å². The van der Waals surface area contributed by atoms with Crippen LogP contribution in [0.3, 0.4) is 0 Å². The molecule has 3 aromatic heterocycles. The summed E-state index contributed by atoms with van der Waals surface area (Å²) in [5, 5.41) is 7.83.